The monoisotopic (exact) mass is 391 g/mol. The maximum Gasteiger partial charge on any atom is 0.329 e. The van der Waals surface area contributed by atoms with E-state index in [1.54, 1.807) is 31.4 Å². The van der Waals surface area contributed by atoms with Gasteiger partial charge in [0.05, 0.1) is 25.6 Å². The normalized spacial score (nSPS) is 10.7. The van der Waals surface area contributed by atoms with Crippen molar-refractivity contribution in [2.24, 2.45) is 5.10 Å². The summed E-state index contributed by atoms with van der Waals surface area (Å²) in [5.41, 5.74) is 3.35. The van der Waals surface area contributed by atoms with Crippen LogP contribution in [0.2, 0.25) is 0 Å². The lowest BCUT2D eigenvalue weighted by molar-refractivity contribution is -0.136. The summed E-state index contributed by atoms with van der Waals surface area (Å²) in [7, 11) is 1.56. The minimum atomic E-state index is -0.897. The molecular formula is C22H21N3O4. The van der Waals surface area contributed by atoms with E-state index in [-0.39, 0.29) is 0 Å². The highest BCUT2D eigenvalue weighted by atomic mass is 16.5. The van der Waals surface area contributed by atoms with Gasteiger partial charge in [-0.1, -0.05) is 42.5 Å². The van der Waals surface area contributed by atoms with Gasteiger partial charge in [-0.05, 0) is 35.9 Å². The minimum Gasteiger partial charge on any atom is -0.496 e. The average molecular weight is 391 g/mol. The Morgan fingerprint density at radius 2 is 1.72 bits per heavy atom. The molecule has 0 aliphatic heterocycles. The molecule has 29 heavy (non-hydrogen) atoms. The van der Waals surface area contributed by atoms with E-state index in [0.29, 0.717) is 29.4 Å². The number of fused-ring (bicyclic) bond motifs is 1. The third kappa shape index (κ3) is 4.70. The van der Waals surface area contributed by atoms with Gasteiger partial charge in [-0.2, -0.15) is 5.10 Å². The van der Waals surface area contributed by atoms with Gasteiger partial charge in [0.1, 0.15) is 11.5 Å². The molecule has 3 aromatic carbocycles. The maximum atomic E-state index is 12.2. The summed E-state index contributed by atoms with van der Waals surface area (Å²) in [6.07, 6.45) is 1.46. The van der Waals surface area contributed by atoms with Crippen molar-refractivity contribution < 1.29 is 19.1 Å². The molecule has 2 amide bonds. The number of amides is 2. The van der Waals surface area contributed by atoms with Crippen molar-refractivity contribution in [3.63, 3.8) is 0 Å². The lowest BCUT2D eigenvalue weighted by Gasteiger charge is -2.10. The molecule has 0 aromatic heterocycles. The molecule has 0 atom stereocenters. The first-order valence-corrected chi connectivity index (χ1v) is 9.06. The zero-order valence-corrected chi connectivity index (χ0v) is 16.1. The van der Waals surface area contributed by atoms with Crippen molar-refractivity contribution in [1.29, 1.82) is 0 Å². The van der Waals surface area contributed by atoms with Crippen LogP contribution in [0.3, 0.4) is 0 Å². The number of para-hydroxylation sites is 2. The van der Waals surface area contributed by atoms with E-state index < -0.39 is 11.8 Å². The van der Waals surface area contributed by atoms with Crippen molar-refractivity contribution >= 4 is 34.5 Å². The predicted octanol–water partition coefficient (Wildman–Crippen LogP) is 3.34. The first-order valence-electron chi connectivity index (χ1n) is 9.06. The van der Waals surface area contributed by atoms with Crippen LogP contribution < -0.4 is 20.2 Å². The number of hydrogen-bond donors (Lipinski definition) is 2. The van der Waals surface area contributed by atoms with Gasteiger partial charge in [0, 0.05) is 5.56 Å². The smallest absolute Gasteiger partial charge is 0.329 e. The summed E-state index contributed by atoms with van der Waals surface area (Å²) in [5.74, 6) is -0.650. The average Bonchev–Trinajstić information content (AvgIpc) is 2.75. The van der Waals surface area contributed by atoms with E-state index in [1.165, 1.54) is 6.21 Å². The second-order valence-corrected chi connectivity index (χ2v) is 5.99. The zero-order valence-electron chi connectivity index (χ0n) is 16.1. The van der Waals surface area contributed by atoms with E-state index in [9.17, 15) is 9.59 Å². The van der Waals surface area contributed by atoms with Gasteiger partial charge in [0.2, 0.25) is 0 Å². The van der Waals surface area contributed by atoms with E-state index >= 15 is 0 Å². The fourth-order valence-electron chi connectivity index (χ4n) is 2.82. The molecule has 148 valence electrons. The summed E-state index contributed by atoms with van der Waals surface area (Å²) in [6.45, 7) is 2.28. The van der Waals surface area contributed by atoms with Crippen LogP contribution in [0.25, 0.3) is 10.8 Å². The number of nitrogens with zero attached hydrogens (tertiary/aromatic N) is 1. The zero-order chi connectivity index (χ0) is 20.6. The number of ether oxygens (including phenoxy) is 2. The van der Waals surface area contributed by atoms with Gasteiger partial charge >= 0.3 is 11.8 Å². The molecule has 0 heterocycles. The molecule has 0 saturated carbocycles. The summed E-state index contributed by atoms with van der Waals surface area (Å²) in [4.78, 5) is 24.3. The van der Waals surface area contributed by atoms with Gasteiger partial charge in [-0.15, -0.1) is 0 Å². The van der Waals surface area contributed by atoms with Crippen molar-refractivity contribution in [1.82, 2.24) is 5.43 Å². The van der Waals surface area contributed by atoms with Gasteiger partial charge in [-0.3, -0.25) is 9.59 Å². The van der Waals surface area contributed by atoms with E-state index in [2.05, 4.69) is 15.8 Å². The highest BCUT2D eigenvalue weighted by Crippen LogP contribution is 2.26. The molecular weight excluding hydrogens is 370 g/mol. The molecule has 0 bridgehead atoms. The number of methoxy groups -OCH3 is 1. The molecule has 0 radical (unpaired) electrons. The first kappa shape index (κ1) is 19.9. The summed E-state index contributed by atoms with van der Waals surface area (Å²) in [5, 5.41) is 8.37. The molecule has 7 heteroatoms. The summed E-state index contributed by atoms with van der Waals surface area (Å²) < 4.78 is 10.8. The Labute approximate surface area is 168 Å². The van der Waals surface area contributed by atoms with Gasteiger partial charge in [-0.25, -0.2) is 5.43 Å². The highest BCUT2D eigenvalue weighted by Gasteiger charge is 2.15. The fraction of sp³-hybridized carbons (Fsp3) is 0.136. The minimum absolute atomic E-state index is 0.411. The van der Waals surface area contributed by atoms with Gasteiger partial charge in [0.15, 0.2) is 0 Å². The Bertz CT molecular complexity index is 1060. The van der Waals surface area contributed by atoms with Crippen molar-refractivity contribution in [3.8, 4) is 11.5 Å². The largest absolute Gasteiger partial charge is 0.496 e. The second-order valence-electron chi connectivity index (χ2n) is 5.99. The number of hydrazone groups is 1. The van der Waals surface area contributed by atoms with Crippen LogP contribution in [0.15, 0.2) is 65.8 Å². The molecule has 7 nitrogen and oxygen atoms in total. The Hall–Kier alpha value is -3.87. The third-order valence-electron chi connectivity index (χ3n) is 4.15. The van der Waals surface area contributed by atoms with Crippen molar-refractivity contribution in [2.75, 3.05) is 19.0 Å². The van der Waals surface area contributed by atoms with Crippen LogP contribution in [0.1, 0.15) is 12.5 Å². The number of nitrogens with one attached hydrogen (secondary N) is 2. The molecule has 0 unspecified atom stereocenters. The Morgan fingerprint density at radius 3 is 2.52 bits per heavy atom. The quantitative estimate of drug-likeness (QED) is 0.383. The second kappa shape index (κ2) is 9.36. The number of benzene rings is 3. The number of carbonyl (C=O) groups excluding carboxylic acids is 2. The molecule has 3 aromatic rings. The van der Waals surface area contributed by atoms with E-state index in [1.807, 2.05) is 43.3 Å². The van der Waals surface area contributed by atoms with Crippen molar-refractivity contribution in [3.05, 3.63) is 66.2 Å². The SMILES string of the molecule is CCOc1ccccc1NC(=O)C(=O)N/N=C\c1c(OC)ccc2ccccc12. The summed E-state index contributed by atoms with van der Waals surface area (Å²) in [6, 6.07) is 18.4. The lowest BCUT2D eigenvalue weighted by Crippen LogP contribution is -2.32. The van der Waals surface area contributed by atoms with Crippen molar-refractivity contribution in [2.45, 2.75) is 6.92 Å². The topological polar surface area (TPSA) is 89.0 Å². The van der Waals surface area contributed by atoms with Crippen LogP contribution in [-0.4, -0.2) is 31.7 Å². The lowest BCUT2D eigenvalue weighted by atomic mass is 10.0. The van der Waals surface area contributed by atoms with Crippen LogP contribution in [0, 0.1) is 0 Å². The van der Waals surface area contributed by atoms with Crippen LogP contribution in [0.4, 0.5) is 5.69 Å². The van der Waals surface area contributed by atoms with Crippen LogP contribution >= 0.6 is 0 Å². The molecule has 0 aliphatic carbocycles. The van der Waals surface area contributed by atoms with Gasteiger partial charge < -0.3 is 14.8 Å². The number of carbonyl (C=O) groups is 2. The fourth-order valence-corrected chi connectivity index (χ4v) is 2.82. The maximum absolute atomic E-state index is 12.2. The van der Waals surface area contributed by atoms with Crippen LogP contribution in [0.5, 0.6) is 11.5 Å². The molecule has 0 saturated heterocycles. The van der Waals surface area contributed by atoms with Crippen LogP contribution in [-0.2, 0) is 9.59 Å². The van der Waals surface area contributed by atoms with E-state index in [4.69, 9.17) is 9.47 Å². The summed E-state index contributed by atoms with van der Waals surface area (Å²) >= 11 is 0. The number of rotatable bonds is 6. The Morgan fingerprint density at radius 1 is 0.966 bits per heavy atom. The number of anilines is 1. The Kier molecular flexibility index (Phi) is 6.42. The molecule has 2 N–H and O–H groups in total. The number of hydrogen-bond acceptors (Lipinski definition) is 5. The molecule has 3 rings (SSSR count). The molecule has 0 spiro atoms. The molecule has 0 aliphatic rings. The standard InChI is InChI=1S/C22H21N3O4/c1-3-29-20-11-7-6-10-18(20)24-21(26)22(27)25-23-14-17-16-9-5-4-8-15(16)12-13-19(17)28-2/h4-14H,3H2,1-2H3,(H,24,26)(H,25,27)/b23-14-. The van der Waals surface area contributed by atoms with E-state index in [0.717, 1.165) is 10.8 Å². The first-order chi connectivity index (χ1) is 14.1. The third-order valence-corrected chi connectivity index (χ3v) is 4.15. The van der Waals surface area contributed by atoms with Gasteiger partial charge in [0.25, 0.3) is 0 Å². The highest BCUT2D eigenvalue weighted by molar-refractivity contribution is 6.39. The Balaban J connectivity index is 1.72. The molecule has 0 fully saturated rings. The predicted molar refractivity (Wildman–Crippen MR) is 112 cm³/mol.